The molecule has 7 nitrogen and oxygen atoms in total. The van der Waals surface area contributed by atoms with Crippen molar-refractivity contribution < 1.29 is 9.53 Å². The van der Waals surface area contributed by atoms with Crippen LogP contribution in [0.25, 0.3) is 0 Å². The number of halogens is 1. The Labute approximate surface area is 187 Å². The van der Waals surface area contributed by atoms with Crippen molar-refractivity contribution in [3.8, 4) is 0 Å². The predicted molar refractivity (Wildman–Crippen MR) is 125 cm³/mol. The van der Waals surface area contributed by atoms with Gasteiger partial charge in [0.25, 0.3) is 0 Å². The van der Waals surface area contributed by atoms with E-state index in [-0.39, 0.29) is 36.0 Å². The van der Waals surface area contributed by atoms with Gasteiger partial charge >= 0.3 is 5.97 Å². The number of aromatic nitrogens is 2. The average Bonchev–Trinajstić information content (AvgIpc) is 2.86. The number of nitrogens with zero attached hydrogens (tertiary/aromatic N) is 3. The van der Waals surface area contributed by atoms with Crippen LogP contribution in [0.1, 0.15) is 62.9 Å². The maximum Gasteiger partial charge on any atom is 0.305 e. The molecule has 0 fully saturated rings. The molecule has 0 bridgehead atoms. The average molecular weight is 507 g/mol. The van der Waals surface area contributed by atoms with Crippen LogP contribution in [0.3, 0.4) is 0 Å². The Hall–Kier alpha value is -1.32. The Balaban J connectivity index is 0.00000729. The van der Waals surface area contributed by atoms with Gasteiger partial charge in [0.1, 0.15) is 0 Å². The molecule has 0 aliphatic carbocycles. The lowest BCUT2D eigenvalue weighted by molar-refractivity contribution is -0.143. The SMILES string of the molecule is CCOC(=O)CCCCCCNC(=NC)NC(C)Cc1c(C)nn(C)c1C.I. The molecule has 0 radical (unpaired) electrons. The minimum absolute atomic E-state index is 0. The van der Waals surface area contributed by atoms with Gasteiger partial charge in [-0.15, -0.1) is 24.0 Å². The van der Waals surface area contributed by atoms with E-state index < -0.39 is 0 Å². The number of hydrogen-bond donors (Lipinski definition) is 2. The van der Waals surface area contributed by atoms with Crippen molar-refractivity contribution in [3.63, 3.8) is 0 Å². The van der Waals surface area contributed by atoms with Gasteiger partial charge in [0.15, 0.2) is 5.96 Å². The van der Waals surface area contributed by atoms with Crippen LogP contribution in [0.2, 0.25) is 0 Å². The number of guanidine groups is 1. The highest BCUT2D eigenvalue weighted by Gasteiger charge is 2.13. The summed E-state index contributed by atoms with van der Waals surface area (Å²) in [6.07, 6.45) is 5.52. The van der Waals surface area contributed by atoms with Crippen LogP contribution in [0.5, 0.6) is 0 Å². The first kappa shape index (κ1) is 26.7. The number of esters is 1. The summed E-state index contributed by atoms with van der Waals surface area (Å²) in [6, 6.07) is 0.266. The molecule has 1 atom stereocenters. The molecule has 1 aromatic rings. The molecule has 162 valence electrons. The third-order valence-corrected chi connectivity index (χ3v) is 4.68. The van der Waals surface area contributed by atoms with Crippen LogP contribution in [-0.4, -0.2) is 48.0 Å². The van der Waals surface area contributed by atoms with E-state index in [0.717, 1.165) is 50.3 Å². The van der Waals surface area contributed by atoms with Gasteiger partial charge in [-0.05, 0) is 52.5 Å². The van der Waals surface area contributed by atoms with E-state index in [1.54, 1.807) is 7.05 Å². The number of rotatable bonds is 11. The van der Waals surface area contributed by atoms with Gasteiger partial charge in [-0.2, -0.15) is 5.10 Å². The number of aryl methyl sites for hydroxylation is 2. The number of nitrogens with one attached hydrogen (secondary N) is 2. The first-order valence-corrected chi connectivity index (χ1v) is 10.0. The molecule has 0 aliphatic rings. The molecule has 1 aromatic heterocycles. The number of aliphatic imine (C=N–C) groups is 1. The predicted octanol–water partition coefficient (Wildman–Crippen LogP) is 3.26. The molecule has 0 spiro atoms. The number of hydrogen-bond acceptors (Lipinski definition) is 4. The number of ether oxygens (including phenoxy) is 1. The fourth-order valence-electron chi connectivity index (χ4n) is 3.09. The first-order valence-electron chi connectivity index (χ1n) is 10.0. The zero-order chi connectivity index (χ0) is 20.2. The fraction of sp³-hybridized carbons (Fsp3) is 0.750. The Morgan fingerprint density at radius 2 is 1.93 bits per heavy atom. The largest absolute Gasteiger partial charge is 0.466 e. The van der Waals surface area contributed by atoms with Gasteiger partial charge in [0, 0.05) is 38.8 Å². The lowest BCUT2D eigenvalue weighted by Gasteiger charge is -2.18. The first-order chi connectivity index (χ1) is 12.9. The van der Waals surface area contributed by atoms with Crippen molar-refractivity contribution in [3.05, 3.63) is 17.0 Å². The van der Waals surface area contributed by atoms with E-state index in [1.807, 2.05) is 18.7 Å². The Bertz CT molecular complexity index is 616. The normalized spacial score (nSPS) is 12.3. The number of carbonyl (C=O) groups is 1. The van der Waals surface area contributed by atoms with Crippen LogP contribution in [0, 0.1) is 13.8 Å². The van der Waals surface area contributed by atoms with Crippen molar-refractivity contribution in [2.75, 3.05) is 20.2 Å². The van der Waals surface area contributed by atoms with Crippen LogP contribution < -0.4 is 10.6 Å². The van der Waals surface area contributed by atoms with Crippen molar-refractivity contribution in [2.45, 2.75) is 72.3 Å². The summed E-state index contributed by atoms with van der Waals surface area (Å²) in [4.78, 5) is 15.6. The second-order valence-electron chi connectivity index (χ2n) is 6.99. The quantitative estimate of drug-likeness (QED) is 0.158. The maximum atomic E-state index is 11.3. The smallest absolute Gasteiger partial charge is 0.305 e. The molecule has 1 heterocycles. The van der Waals surface area contributed by atoms with E-state index in [9.17, 15) is 4.79 Å². The molecule has 2 N–H and O–H groups in total. The Kier molecular flexibility index (Phi) is 14.0. The van der Waals surface area contributed by atoms with Crippen molar-refractivity contribution >= 4 is 35.9 Å². The fourth-order valence-corrected chi connectivity index (χ4v) is 3.09. The summed E-state index contributed by atoms with van der Waals surface area (Å²) >= 11 is 0. The molecule has 0 amide bonds. The van der Waals surface area contributed by atoms with E-state index in [2.05, 4.69) is 41.5 Å². The highest BCUT2D eigenvalue weighted by atomic mass is 127. The lowest BCUT2D eigenvalue weighted by Crippen LogP contribution is -2.43. The minimum Gasteiger partial charge on any atom is -0.466 e. The highest BCUT2D eigenvalue weighted by molar-refractivity contribution is 14.0. The van der Waals surface area contributed by atoms with Crippen LogP contribution in [0.4, 0.5) is 0 Å². The zero-order valence-electron chi connectivity index (χ0n) is 18.3. The monoisotopic (exact) mass is 507 g/mol. The summed E-state index contributed by atoms with van der Waals surface area (Å²) < 4.78 is 6.87. The molecule has 1 rings (SSSR count). The molecular weight excluding hydrogens is 469 g/mol. The standard InChI is InChI=1S/C20H37N5O2.HI/c1-7-27-19(26)12-10-8-9-11-13-22-20(21-5)23-15(2)14-18-16(3)24-25(6)17(18)4;/h15H,7-14H2,1-6H3,(H2,21,22,23);1H. The van der Waals surface area contributed by atoms with Gasteiger partial charge < -0.3 is 15.4 Å². The van der Waals surface area contributed by atoms with E-state index >= 15 is 0 Å². The third kappa shape index (κ3) is 9.75. The van der Waals surface area contributed by atoms with Gasteiger partial charge in [-0.3, -0.25) is 14.5 Å². The zero-order valence-corrected chi connectivity index (χ0v) is 20.6. The lowest BCUT2D eigenvalue weighted by atomic mass is 10.1. The van der Waals surface area contributed by atoms with Gasteiger partial charge in [-0.1, -0.05) is 12.8 Å². The van der Waals surface area contributed by atoms with Crippen LogP contribution in [-0.2, 0) is 23.0 Å². The summed E-state index contributed by atoms with van der Waals surface area (Å²) in [5, 5.41) is 11.3. The van der Waals surface area contributed by atoms with Crippen molar-refractivity contribution in [1.29, 1.82) is 0 Å². The van der Waals surface area contributed by atoms with Gasteiger partial charge in [-0.25, -0.2) is 0 Å². The van der Waals surface area contributed by atoms with E-state index in [1.165, 1.54) is 11.3 Å². The highest BCUT2D eigenvalue weighted by Crippen LogP contribution is 2.14. The van der Waals surface area contributed by atoms with Crippen molar-refractivity contribution in [2.24, 2.45) is 12.0 Å². The minimum atomic E-state index is -0.0895. The Morgan fingerprint density at radius 3 is 2.50 bits per heavy atom. The second-order valence-corrected chi connectivity index (χ2v) is 6.99. The summed E-state index contributed by atoms with van der Waals surface area (Å²) in [6.45, 7) is 9.50. The molecule has 0 saturated heterocycles. The molecule has 0 aromatic carbocycles. The molecule has 1 unspecified atom stereocenters. The molecular formula is C20H38IN5O2. The van der Waals surface area contributed by atoms with Crippen LogP contribution >= 0.6 is 24.0 Å². The molecule has 8 heteroatoms. The number of carbonyl (C=O) groups excluding carboxylic acids is 1. The summed E-state index contributed by atoms with van der Waals surface area (Å²) in [5.41, 5.74) is 3.61. The van der Waals surface area contributed by atoms with Crippen molar-refractivity contribution in [1.82, 2.24) is 20.4 Å². The molecule has 0 aliphatic heterocycles. The number of unbranched alkanes of at least 4 members (excludes halogenated alkanes) is 3. The second kappa shape index (κ2) is 14.6. The Morgan fingerprint density at radius 1 is 1.25 bits per heavy atom. The van der Waals surface area contributed by atoms with Gasteiger partial charge in [0.05, 0.1) is 12.3 Å². The molecule has 28 heavy (non-hydrogen) atoms. The van der Waals surface area contributed by atoms with E-state index in [0.29, 0.717) is 13.0 Å². The summed E-state index contributed by atoms with van der Waals surface area (Å²) in [5.74, 6) is 0.738. The van der Waals surface area contributed by atoms with Crippen LogP contribution in [0.15, 0.2) is 4.99 Å². The maximum absolute atomic E-state index is 11.3. The topological polar surface area (TPSA) is 80.5 Å². The third-order valence-electron chi connectivity index (χ3n) is 4.68. The van der Waals surface area contributed by atoms with E-state index in [4.69, 9.17) is 4.74 Å². The molecule has 0 saturated carbocycles. The summed E-state index contributed by atoms with van der Waals surface area (Å²) in [7, 11) is 3.78. The van der Waals surface area contributed by atoms with Gasteiger partial charge in [0.2, 0.25) is 0 Å².